The zero-order chi connectivity index (χ0) is 26.0. The minimum Gasteiger partial charge on any atom is -0.496 e. The Balaban J connectivity index is 1.55. The molecule has 2 aromatic carbocycles. The predicted octanol–water partition coefficient (Wildman–Crippen LogP) is 3.79. The number of nitrogens with zero attached hydrogens (tertiary/aromatic N) is 3. The zero-order valence-corrected chi connectivity index (χ0v) is 20.1. The lowest BCUT2D eigenvalue weighted by molar-refractivity contribution is -0.137. The topological polar surface area (TPSA) is 85.7 Å². The van der Waals surface area contributed by atoms with Crippen LogP contribution in [0.3, 0.4) is 0 Å². The van der Waals surface area contributed by atoms with E-state index in [1.165, 1.54) is 31.3 Å². The van der Waals surface area contributed by atoms with Crippen molar-refractivity contribution < 1.29 is 27.5 Å². The maximum Gasteiger partial charge on any atom is 0.416 e. The van der Waals surface area contributed by atoms with Crippen LogP contribution in [0.1, 0.15) is 32.7 Å². The van der Waals surface area contributed by atoms with Crippen LogP contribution in [0.15, 0.2) is 47.3 Å². The van der Waals surface area contributed by atoms with Crippen molar-refractivity contribution in [1.82, 2.24) is 14.6 Å². The number of carbonyl (C=O) groups is 1. The molecule has 0 fully saturated rings. The van der Waals surface area contributed by atoms with Crippen molar-refractivity contribution >= 4 is 23.5 Å². The number of carbonyl (C=O) groups excluding carboxylic acids is 1. The maximum absolute atomic E-state index is 13.2. The quantitative estimate of drug-likeness (QED) is 0.530. The molecule has 4 rings (SSSR count). The summed E-state index contributed by atoms with van der Waals surface area (Å²) in [5.74, 6) is 0.121. The molecule has 1 N–H and O–H groups in total. The zero-order valence-electron chi connectivity index (χ0n) is 19.4. The number of methoxy groups -OCH3 is 1. The van der Waals surface area contributed by atoms with E-state index in [0.29, 0.717) is 46.1 Å². The van der Waals surface area contributed by atoms with E-state index in [1.54, 1.807) is 18.2 Å². The molecule has 1 aliphatic heterocycles. The summed E-state index contributed by atoms with van der Waals surface area (Å²) in [5.41, 5.74) is 0.464. The molecule has 1 aromatic heterocycles. The SMILES string of the molecule is COc1cc(Cl)ccc1C(=O)N1CCc2nc(NCc3ccc(C(F)(F)F)cc3)n(OC)c(=O)c2C1. The van der Waals surface area contributed by atoms with Crippen molar-refractivity contribution in [2.75, 3.05) is 26.1 Å². The summed E-state index contributed by atoms with van der Waals surface area (Å²) in [7, 11) is 2.73. The van der Waals surface area contributed by atoms with E-state index in [0.717, 1.165) is 16.9 Å². The molecule has 190 valence electrons. The summed E-state index contributed by atoms with van der Waals surface area (Å²) in [6.07, 6.45) is -4.10. The van der Waals surface area contributed by atoms with Gasteiger partial charge in [-0.25, -0.2) is 4.98 Å². The van der Waals surface area contributed by atoms with Gasteiger partial charge in [-0.15, -0.1) is 4.73 Å². The van der Waals surface area contributed by atoms with E-state index >= 15 is 0 Å². The fraction of sp³-hybridized carbons (Fsp3) is 0.292. The summed E-state index contributed by atoms with van der Waals surface area (Å²) in [6, 6.07) is 9.36. The van der Waals surface area contributed by atoms with Crippen LogP contribution >= 0.6 is 11.6 Å². The molecule has 0 saturated carbocycles. The number of anilines is 1. The van der Waals surface area contributed by atoms with Gasteiger partial charge >= 0.3 is 6.18 Å². The molecule has 0 spiro atoms. The second-order valence-corrected chi connectivity index (χ2v) is 8.45. The Morgan fingerprint density at radius 2 is 1.89 bits per heavy atom. The molecule has 0 aliphatic carbocycles. The first-order chi connectivity index (χ1) is 17.1. The normalized spacial score (nSPS) is 13.2. The Hall–Kier alpha value is -3.73. The second kappa shape index (κ2) is 10.1. The van der Waals surface area contributed by atoms with Gasteiger partial charge in [-0.05, 0) is 35.9 Å². The molecule has 0 bridgehead atoms. The molecular formula is C24H22ClF3N4O4. The van der Waals surface area contributed by atoms with Crippen molar-refractivity contribution in [1.29, 1.82) is 0 Å². The smallest absolute Gasteiger partial charge is 0.416 e. The molecular weight excluding hydrogens is 501 g/mol. The number of hydrogen-bond donors (Lipinski definition) is 1. The van der Waals surface area contributed by atoms with E-state index in [-0.39, 0.29) is 24.9 Å². The van der Waals surface area contributed by atoms with Gasteiger partial charge in [0.15, 0.2) is 0 Å². The van der Waals surface area contributed by atoms with Gasteiger partial charge in [0, 0.05) is 24.5 Å². The first kappa shape index (κ1) is 25.4. The highest BCUT2D eigenvalue weighted by Gasteiger charge is 2.30. The summed E-state index contributed by atoms with van der Waals surface area (Å²) in [5, 5.41) is 3.37. The number of alkyl halides is 3. The van der Waals surface area contributed by atoms with E-state index in [2.05, 4.69) is 10.3 Å². The molecule has 1 aliphatic rings. The molecule has 0 saturated heterocycles. The van der Waals surface area contributed by atoms with Gasteiger partial charge in [0.2, 0.25) is 5.95 Å². The van der Waals surface area contributed by atoms with Gasteiger partial charge in [0.1, 0.15) is 12.9 Å². The van der Waals surface area contributed by atoms with Crippen LogP contribution in [-0.2, 0) is 25.7 Å². The number of amides is 1. The van der Waals surface area contributed by atoms with Crippen LogP contribution in [0, 0.1) is 0 Å². The van der Waals surface area contributed by atoms with Crippen molar-refractivity contribution in [2.24, 2.45) is 0 Å². The Morgan fingerprint density at radius 1 is 1.17 bits per heavy atom. The first-order valence-corrected chi connectivity index (χ1v) is 11.2. The molecule has 0 radical (unpaired) electrons. The van der Waals surface area contributed by atoms with Gasteiger partial charge in [-0.1, -0.05) is 23.7 Å². The lowest BCUT2D eigenvalue weighted by Crippen LogP contribution is -2.42. The summed E-state index contributed by atoms with van der Waals surface area (Å²) in [6.45, 7) is 0.460. The maximum atomic E-state index is 13.2. The van der Waals surface area contributed by atoms with Crippen molar-refractivity contribution in [2.45, 2.75) is 25.7 Å². The summed E-state index contributed by atoms with van der Waals surface area (Å²) >= 11 is 5.99. The van der Waals surface area contributed by atoms with E-state index in [1.807, 2.05) is 0 Å². The van der Waals surface area contributed by atoms with Gasteiger partial charge < -0.3 is 19.8 Å². The van der Waals surface area contributed by atoms with Gasteiger partial charge in [-0.3, -0.25) is 9.59 Å². The number of rotatable bonds is 6. The van der Waals surface area contributed by atoms with Crippen LogP contribution in [0.4, 0.5) is 19.1 Å². The lowest BCUT2D eigenvalue weighted by atomic mass is 10.1. The standard InChI is InChI=1S/C24H22ClF3N4O4/c1-35-20-11-16(25)7-8-17(20)21(33)31-10-9-19-18(13-31)22(34)32(36-2)23(30-19)29-12-14-3-5-15(6-4-14)24(26,27)28/h3-8,11H,9-10,12-13H2,1-2H3,(H,29,30). The van der Waals surface area contributed by atoms with Crippen LogP contribution in [0.25, 0.3) is 0 Å². The van der Waals surface area contributed by atoms with Crippen molar-refractivity contribution in [3.63, 3.8) is 0 Å². The number of benzene rings is 2. The number of fused-ring (bicyclic) bond motifs is 1. The summed E-state index contributed by atoms with van der Waals surface area (Å²) in [4.78, 5) is 37.5. The average molecular weight is 523 g/mol. The Bertz CT molecular complexity index is 1340. The van der Waals surface area contributed by atoms with Crippen molar-refractivity contribution in [3.8, 4) is 5.75 Å². The highest BCUT2D eigenvalue weighted by Crippen LogP contribution is 2.29. The highest BCUT2D eigenvalue weighted by atomic mass is 35.5. The minimum atomic E-state index is -4.42. The molecule has 0 unspecified atom stereocenters. The fourth-order valence-corrected chi connectivity index (χ4v) is 4.08. The fourth-order valence-electron chi connectivity index (χ4n) is 3.92. The molecule has 36 heavy (non-hydrogen) atoms. The number of aromatic nitrogens is 2. The average Bonchev–Trinajstić information content (AvgIpc) is 2.86. The van der Waals surface area contributed by atoms with Crippen LogP contribution in [0.5, 0.6) is 5.75 Å². The molecule has 1 amide bonds. The summed E-state index contributed by atoms with van der Waals surface area (Å²) < 4.78 is 44.6. The minimum absolute atomic E-state index is 0.0221. The van der Waals surface area contributed by atoms with E-state index in [4.69, 9.17) is 21.2 Å². The number of ether oxygens (including phenoxy) is 1. The highest BCUT2D eigenvalue weighted by molar-refractivity contribution is 6.30. The van der Waals surface area contributed by atoms with Crippen LogP contribution in [-0.4, -0.2) is 41.3 Å². The third-order valence-electron chi connectivity index (χ3n) is 5.79. The number of nitrogens with one attached hydrogen (secondary N) is 1. The third-order valence-corrected chi connectivity index (χ3v) is 6.02. The van der Waals surface area contributed by atoms with Crippen molar-refractivity contribution in [3.05, 3.63) is 85.8 Å². The van der Waals surface area contributed by atoms with E-state index < -0.39 is 17.3 Å². The van der Waals surface area contributed by atoms with Gasteiger partial charge in [-0.2, -0.15) is 13.2 Å². The predicted molar refractivity (Wildman–Crippen MR) is 126 cm³/mol. The monoisotopic (exact) mass is 522 g/mol. The molecule has 2 heterocycles. The van der Waals surface area contributed by atoms with Gasteiger partial charge in [0.25, 0.3) is 11.5 Å². The number of hydrogen-bond acceptors (Lipinski definition) is 6. The lowest BCUT2D eigenvalue weighted by Gasteiger charge is -2.29. The Labute approximate surface area is 209 Å². The Kier molecular flexibility index (Phi) is 7.11. The second-order valence-electron chi connectivity index (χ2n) is 8.01. The number of halogens is 4. The third kappa shape index (κ3) is 5.11. The Morgan fingerprint density at radius 3 is 2.53 bits per heavy atom. The van der Waals surface area contributed by atoms with E-state index in [9.17, 15) is 22.8 Å². The molecule has 12 heteroatoms. The molecule has 0 atom stereocenters. The first-order valence-electron chi connectivity index (χ1n) is 10.8. The van der Waals surface area contributed by atoms with Crippen LogP contribution in [0.2, 0.25) is 5.02 Å². The largest absolute Gasteiger partial charge is 0.496 e. The molecule has 3 aromatic rings. The molecule has 8 nitrogen and oxygen atoms in total. The van der Waals surface area contributed by atoms with Crippen LogP contribution < -0.4 is 20.5 Å². The van der Waals surface area contributed by atoms with Gasteiger partial charge in [0.05, 0.1) is 36.0 Å².